The molecule has 0 aromatic carbocycles. The van der Waals surface area contributed by atoms with E-state index in [1.165, 1.54) is 17.7 Å². The number of allylic oxidation sites excluding steroid dienone is 7. The minimum atomic E-state index is -4.33. The van der Waals surface area contributed by atoms with Crippen LogP contribution in [-0.4, -0.2) is 25.2 Å². The van der Waals surface area contributed by atoms with Crippen LogP contribution in [0, 0.1) is 35.0 Å². The Morgan fingerprint density at radius 2 is 2.08 bits per heavy atom. The molecule has 3 fully saturated rings. The summed E-state index contributed by atoms with van der Waals surface area (Å²) in [6.07, 6.45) is 10.7. The Labute approximate surface area is 214 Å². The second kappa shape index (κ2) is 10.3. The van der Waals surface area contributed by atoms with E-state index in [-0.39, 0.29) is 11.3 Å². The Bertz CT molecular complexity index is 971. The third-order valence-corrected chi connectivity index (χ3v) is 10.3. The molecule has 0 N–H and O–H groups in total. The first-order valence-corrected chi connectivity index (χ1v) is 14.2. The molecule has 0 bridgehead atoms. The van der Waals surface area contributed by atoms with E-state index >= 15 is 0 Å². The van der Waals surface area contributed by atoms with Gasteiger partial charge in [-0.1, -0.05) is 49.6 Å². The van der Waals surface area contributed by atoms with Gasteiger partial charge in [-0.15, -0.1) is 0 Å². The highest BCUT2D eigenvalue weighted by Gasteiger charge is 2.55. The molecule has 1 unspecified atom stereocenters. The molecule has 0 radical (unpaired) electrons. The zero-order chi connectivity index (χ0) is 25.5. The fraction of sp³-hybridized carbons (Fsp3) is 0.710. The van der Waals surface area contributed by atoms with Gasteiger partial charge in [-0.25, -0.2) is 0 Å². The van der Waals surface area contributed by atoms with E-state index in [0.29, 0.717) is 48.7 Å². The molecule has 1 heterocycles. The van der Waals surface area contributed by atoms with E-state index in [9.17, 15) is 18.0 Å². The average molecular weight is 503 g/mol. The Morgan fingerprint density at radius 1 is 1.25 bits per heavy atom. The number of rotatable bonds is 6. The summed E-state index contributed by atoms with van der Waals surface area (Å²) in [4.78, 5) is 14.0. The van der Waals surface area contributed by atoms with Crippen LogP contribution in [0.3, 0.4) is 0 Å². The first kappa shape index (κ1) is 26.0. The summed E-state index contributed by atoms with van der Waals surface area (Å²) in [5.41, 5.74) is 2.50. The number of carbonyl (C=O) groups excluding carboxylic acids is 1. The molecule has 2 saturated carbocycles. The summed E-state index contributed by atoms with van der Waals surface area (Å²) < 4.78 is 46.0. The van der Waals surface area contributed by atoms with Crippen LogP contribution in [0.5, 0.6) is 0 Å². The van der Waals surface area contributed by atoms with Crippen LogP contribution in [0.2, 0.25) is 0 Å². The summed E-state index contributed by atoms with van der Waals surface area (Å²) in [6, 6.07) is 0. The van der Waals surface area contributed by atoms with Gasteiger partial charge in [0.1, 0.15) is 5.78 Å². The number of hydrogen-bond donors (Lipinski definition) is 0. The highest BCUT2D eigenvalue weighted by molar-refractivity contribution is 5.86. The van der Waals surface area contributed by atoms with Crippen LogP contribution in [-0.2, 0) is 9.53 Å². The Balaban J connectivity index is 1.27. The van der Waals surface area contributed by atoms with Crippen molar-refractivity contribution in [3.8, 4) is 0 Å². The molecule has 1 aliphatic heterocycles. The fourth-order valence-corrected chi connectivity index (χ4v) is 8.25. The number of alkyl halides is 3. The molecule has 0 amide bonds. The molecule has 198 valence electrons. The van der Waals surface area contributed by atoms with Gasteiger partial charge in [-0.3, -0.25) is 4.79 Å². The van der Waals surface area contributed by atoms with Gasteiger partial charge in [0.2, 0.25) is 0 Å². The number of fused-ring (bicyclic) bond motifs is 1. The molecular formula is C31H41F3O2. The lowest BCUT2D eigenvalue weighted by Gasteiger charge is -2.35. The van der Waals surface area contributed by atoms with Gasteiger partial charge >= 0.3 is 6.18 Å². The Hall–Kier alpha value is -1.62. The SMILES string of the molecule is C=C([C@@H]1C[C@H]2CCC[C@@]2(C(=O)CC2CCC3=C(C=C(C(F)(F)F)C=CC3)C2)C1)[C@@H]1CCOC[C@H]1CC. The summed E-state index contributed by atoms with van der Waals surface area (Å²) in [7, 11) is 0. The lowest BCUT2D eigenvalue weighted by molar-refractivity contribution is -0.131. The summed E-state index contributed by atoms with van der Waals surface area (Å²) in [6.45, 7) is 8.45. The number of hydrogen-bond acceptors (Lipinski definition) is 2. The Kier molecular flexibility index (Phi) is 7.42. The third-order valence-electron chi connectivity index (χ3n) is 10.3. The lowest BCUT2D eigenvalue weighted by atomic mass is 9.70. The van der Waals surface area contributed by atoms with Crippen LogP contribution >= 0.6 is 0 Å². The normalized spacial score (nSPS) is 36.8. The van der Waals surface area contributed by atoms with Gasteiger partial charge in [0, 0.05) is 25.0 Å². The van der Waals surface area contributed by atoms with Crippen LogP contribution in [0.15, 0.2) is 47.1 Å². The van der Waals surface area contributed by atoms with Gasteiger partial charge in [0.05, 0.1) is 5.57 Å². The van der Waals surface area contributed by atoms with Crippen LogP contribution in [0.4, 0.5) is 13.2 Å². The van der Waals surface area contributed by atoms with Crippen molar-refractivity contribution in [2.24, 2.45) is 35.0 Å². The topological polar surface area (TPSA) is 26.3 Å². The fourth-order valence-electron chi connectivity index (χ4n) is 8.25. The van der Waals surface area contributed by atoms with E-state index in [1.54, 1.807) is 6.08 Å². The molecule has 0 spiro atoms. The van der Waals surface area contributed by atoms with Crippen LogP contribution in [0.1, 0.15) is 84.0 Å². The molecule has 1 saturated heterocycles. The van der Waals surface area contributed by atoms with Crippen molar-refractivity contribution >= 4 is 5.78 Å². The largest absolute Gasteiger partial charge is 0.416 e. The van der Waals surface area contributed by atoms with Crippen LogP contribution < -0.4 is 0 Å². The number of halogens is 3. The monoisotopic (exact) mass is 502 g/mol. The highest BCUT2D eigenvalue weighted by Crippen LogP contribution is 2.60. The molecule has 5 rings (SSSR count). The van der Waals surface area contributed by atoms with Crippen molar-refractivity contribution in [3.05, 3.63) is 47.1 Å². The molecule has 0 aromatic heterocycles. The molecule has 5 aliphatic rings. The van der Waals surface area contributed by atoms with E-state index in [2.05, 4.69) is 13.5 Å². The first-order valence-electron chi connectivity index (χ1n) is 14.2. The molecule has 36 heavy (non-hydrogen) atoms. The van der Waals surface area contributed by atoms with Crippen LogP contribution in [0.25, 0.3) is 0 Å². The summed E-state index contributed by atoms with van der Waals surface area (Å²) in [5.74, 6) is 2.44. The quantitative estimate of drug-likeness (QED) is 0.342. The maximum atomic E-state index is 14.0. The molecule has 2 nitrogen and oxygen atoms in total. The third kappa shape index (κ3) is 4.93. The van der Waals surface area contributed by atoms with E-state index < -0.39 is 11.7 Å². The van der Waals surface area contributed by atoms with Gasteiger partial charge in [-0.2, -0.15) is 13.2 Å². The standard InChI is InChI=1S/C31H41F3O2/c1-3-22-19-36-13-11-28(22)20(2)25-17-26-8-5-12-30(26,18-25)29(35)15-21-9-10-23-6-4-7-27(31(32,33)34)16-24(23)14-21/h4,7,16,21-22,25-26,28H,2-3,5-6,8-15,17-19H2,1H3/t21?,22-,25-,26-,28+,30-/m1/s1. The predicted molar refractivity (Wildman–Crippen MR) is 136 cm³/mol. The molecule has 5 heteroatoms. The first-order chi connectivity index (χ1) is 17.2. The van der Waals surface area contributed by atoms with Crippen molar-refractivity contribution in [3.63, 3.8) is 0 Å². The summed E-state index contributed by atoms with van der Waals surface area (Å²) in [5, 5.41) is 0. The molecule has 6 atom stereocenters. The second-order valence-electron chi connectivity index (χ2n) is 12.2. The number of ketones is 1. The second-order valence-corrected chi connectivity index (χ2v) is 12.2. The smallest absolute Gasteiger partial charge is 0.381 e. The van der Waals surface area contributed by atoms with Crippen molar-refractivity contribution in [1.29, 1.82) is 0 Å². The van der Waals surface area contributed by atoms with E-state index in [0.717, 1.165) is 82.1 Å². The van der Waals surface area contributed by atoms with Crippen molar-refractivity contribution in [2.75, 3.05) is 13.2 Å². The molecular weight excluding hydrogens is 461 g/mol. The highest BCUT2D eigenvalue weighted by atomic mass is 19.4. The molecule has 4 aliphatic carbocycles. The summed E-state index contributed by atoms with van der Waals surface area (Å²) >= 11 is 0. The van der Waals surface area contributed by atoms with Gasteiger partial charge < -0.3 is 4.74 Å². The zero-order valence-electron chi connectivity index (χ0n) is 21.7. The number of Topliss-reactive ketones (excluding diaryl/α,β-unsaturated/α-hetero) is 1. The average Bonchev–Trinajstić information content (AvgIpc) is 3.34. The minimum Gasteiger partial charge on any atom is -0.381 e. The Morgan fingerprint density at radius 3 is 2.86 bits per heavy atom. The van der Waals surface area contributed by atoms with Crippen molar-refractivity contribution in [1.82, 2.24) is 0 Å². The number of carbonyl (C=O) groups is 1. The van der Waals surface area contributed by atoms with Gasteiger partial charge in [0.25, 0.3) is 0 Å². The lowest BCUT2D eigenvalue weighted by Crippen LogP contribution is -2.33. The minimum absolute atomic E-state index is 0.151. The predicted octanol–water partition coefficient (Wildman–Crippen LogP) is 8.31. The maximum Gasteiger partial charge on any atom is 0.416 e. The zero-order valence-corrected chi connectivity index (χ0v) is 21.7. The van der Waals surface area contributed by atoms with E-state index in [4.69, 9.17) is 4.74 Å². The van der Waals surface area contributed by atoms with Crippen molar-refractivity contribution in [2.45, 2.75) is 90.1 Å². The van der Waals surface area contributed by atoms with E-state index in [1.807, 2.05) is 0 Å². The maximum absolute atomic E-state index is 14.0. The van der Waals surface area contributed by atoms with Gasteiger partial charge in [-0.05, 0) is 99.0 Å². The van der Waals surface area contributed by atoms with Gasteiger partial charge in [0.15, 0.2) is 0 Å². The van der Waals surface area contributed by atoms with Crippen molar-refractivity contribution < 1.29 is 22.7 Å². The molecule has 0 aromatic rings. The number of ether oxygens (including phenoxy) is 1.